The van der Waals surface area contributed by atoms with Crippen LogP contribution < -0.4 is 0 Å². The van der Waals surface area contributed by atoms with Crippen LogP contribution in [0.5, 0.6) is 0 Å². The van der Waals surface area contributed by atoms with E-state index in [1.807, 2.05) is 0 Å². The highest BCUT2D eigenvalue weighted by molar-refractivity contribution is 7.54. The molecule has 0 N–H and O–H groups in total. The SMILES string of the molecule is COC(=O)[Si](C(=O)OC)(C(=O)c1ccccc1)C(=O)c1ccccc1. The first-order chi connectivity index (χ1) is 12.0. The van der Waals surface area contributed by atoms with Gasteiger partial charge >= 0.3 is 19.3 Å². The summed E-state index contributed by atoms with van der Waals surface area (Å²) < 4.78 is 9.41. The summed E-state index contributed by atoms with van der Waals surface area (Å²) in [5, 5.41) is -1.72. The lowest BCUT2D eigenvalue weighted by molar-refractivity contribution is 0.101. The first-order valence-electron chi connectivity index (χ1n) is 7.36. The fraction of sp³-hybridized carbons (Fsp3) is 0.111. The van der Waals surface area contributed by atoms with Crippen molar-refractivity contribution in [3.8, 4) is 0 Å². The molecule has 0 aliphatic rings. The van der Waals surface area contributed by atoms with Crippen molar-refractivity contribution in [2.75, 3.05) is 14.2 Å². The summed E-state index contributed by atoms with van der Waals surface area (Å²) in [7, 11) is -2.63. The maximum atomic E-state index is 13.1. The van der Waals surface area contributed by atoms with Gasteiger partial charge in [-0.2, -0.15) is 0 Å². The van der Waals surface area contributed by atoms with E-state index in [1.165, 1.54) is 24.3 Å². The second-order valence-electron chi connectivity index (χ2n) is 5.12. The van der Waals surface area contributed by atoms with Gasteiger partial charge in [-0.3, -0.25) is 19.2 Å². The number of rotatable bonds is 6. The van der Waals surface area contributed by atoms with Crippen LogP contribution in [0.15, 0.2) is 60.7 Å². The van der Waals surface area contributed by atoms with Gasteiger partial charge in [0.2, 0.25) is 0 Å². The van der Waals surface area contributed by atoms with E-state index in [1.54, 1.807) is 36.4 Å². The highest BCUT2D eigenvalue weighted by Gasteiger charge is 2.66. The van der Waals surface area contributed by atoms with Crippen molar-refractivity contribution in [1.29, 1.82) is 0 Å². The average molecular weight is 356 g/mol. The zero-order chi connectivity index (χ0) is 18.4. The van der Waals surface area contributed by atoms with E-state index in [-0.39, 0.29) is 11.1 Å². The van der Waals surface area contributed by atoms with Crippen molar-refractivity contribution < 1.29 is 28.7 Å². The van der Waals surface area contributed by atoms with E-state index in [4.69, 9.17) is 9.47 Å². The third-order valence-electron chi connectivity index (χ3n) is 3.74. The van der Waals surface area contributed by atoms with Gasteiger partial charge < -0.3 is 9.47 Å². The molecule has 2 rings (SSSR count). The molecule has 0 atom stereocenters. The lowest BCUT2D eigenvalue weighted by atomic mass is 10.2. The fourth-order valence-corrected chi connectivity index (χ4v) is 5.40. The van der Waals surface area contributed by atoms with Crippen LogP contribution in [0.1, 0.15) is 20.7 Å². The highest BCUT2D eigenvalue weighted by Crippen LogP contribution is 2.23. The topological polar surface area (TPSA) is 86.7 Å². The molecule has 2 aromatic rings. The van der Waals surface area contributed by atoms with Crippen LogP contribution >= 0.6 is 0 Å². The maximum absolute atomic E-state index is 13.1. The second kappa shape index (κ2) is 7.67. The number of hydrogen-bond acceptors (Lipinski definition) is 6. The van der Waals surface area contributed by atoms with Gasteiger partial charge in [0.15, 0.2) is 10.8 Å². The molecule has 6 nitrogen and oxygen atoms in total. The highest BCUT2D eigenvalue weighted by atomic mass is 28.3. The van der Waals surface area contributed by atoms with Gasteiger partial charge in [-0.15, -0.1) is 0 Å². The standard InChI is InChI=1S/C18H16O6Si/c1-23-17(21)25(18(22)24-2,15(19)13-9-5-3-6-10-13)16(20)14-11-7-4-8-12-14/h3-12H,1-2H3. The molecule has 0 aromatic heterocycles. The van der Waals surface area contributed by atoms with Crippen LogP contribution in [0.3, 0.4) is 0 Å². The summed E-state index contributed by atoms with van der Waals surface area (Å²) in [5.41, 5.74) is -2.15. The Bertz CT molecular complexity index is 731. The lowest BCUT2D eigenvalue weighted by Gasteiger charge is -2.22. The van der Waals surface area contributed by atoms with Gasteiger partial charge in [0.1, 0.15) is 0 Å². The molecule has 0 fully saturated rings. The van der Waals surface area contributed by atoms with Gasteiger partial charge in [-0.25, -0.2) is 0 Å². The van der Waals surface area contributed by atoms with Crippen molar-refractivity contribution in [3.05, 3.63) is 71.8 Å². The van der Waals surface area contributed by atoms with E-state index >= 15 is 0 Å². The van der Waals surface area contributed by atoms with E-state index in [2.05, 4.69) is 0 Å². The Hall–Kier alpha value is -3.06. The number of ether oxygens (including phenoxy) is 2. The third kappa shape index (κ3) is 3.14. The fourth-order valence-electron chi connectivity index (χ4n) is 2.48. The van der Waals surface area contributed by atoms with Crippen LogP contribution in [0.2, 0.25) is 0 Å². The summed E-state index contributed by atoms with van der Waals surface area (Å²) in [5.74, 6) is 0. The number of hydrogen-bond donors (Lipinski definition) is 0. The van der Waals surface area contributed by atoms with Crippen molar-refractivity contribution in [2.45, 2.75) is 0 Å². The quantitative estimate of drug-likeness (QED) is 0.740. The molecule has 0 bridgehead atoms. The van der Waals surface area contributed by atoms with Crippen LogP contribution in [0, 0.1) is 0 Å². The molecule has 7 heteroatoms. The predicted molar refractivity (Wildman–Crippen MR) is 92.1 cm³/mol. The first-order valence-corrected chi connectivity index (χ1v) is 9.36. The molecule has 0 unspecified atom stereocenters. The van der Waals surface area contributed by atoms with E-state index in [0.717, 1.165) is 14.2 Å². The van der Waals surface area contributed by atoms with Gasteiger partial charge in [0.05, 0.1) is 14.2 Å². The van der Waals surface area contributed by atoms with E-state index < -0.39 is 30.1 Å². The third-order valence-corrected chi connectivity index (χ3v) is 7.31. The lowest BCUT2D eigenvalue weighted by Crippen LogP contribution is -2.65. The van der Waals surface area contributed by atoms with Crippen LogP contribution in [0.25, 0.3) is 0 Å². The molecule has 128 valence electrons. The van der Waals surface area contributed by atoms with Crippen LogP contribution in [-0.2, 0) is 9.47 Å². The number of benzene rings is 2. The van der Waals surface area contributed by atoms with Crippen molar-refractivity contribution in [3.63, 3.8) is 0 Å². The number of carbonyl (C=O) groups is 4. The molecule has 0 aliphatic carbocycles. The van der Waals surface area contributed by atoms with Crippen molar-refractivity contribution >= 4 is 30.1 Å². The summed E-state index contributed by atoms with van der Waals surface area (Å²) in [6.07, 6.45) is 0. The van der Waals surface area contributed by atoms with Crippen molar-refractivity contribution in [1.82, 2.24) is 0 Å². The smallest absolute Gasteiger partial charge is 0.458 e. The maximum Gasteiger partial charge on any atom is 0.458 e. The molecule has 0 heterocycles. The Morgan fingerprint density at radius 1 is 0.640 bits per heavy atom. The van der Waals surface area contributed by atoms with Crippen LogP contribution in [0.4, 0.5) is 9.59 Å². The van der Waals surface area contributed by atoms with Gasteiger partial charge in [-0.05, 0) is 0 Å². The number of methoxy groups -OCH3 is 2. The first kappa shape index (κ1) is 18.3. The predicted octanol–water partition coefficient (Wildman–Crippen LogP) is 2.98. The van der Waals surface area contributed by atoms with Crippen molar-refractivity contribution in [2.24, 2.45) is 0 Å². The van der Waals surface area contributed by atoms with Gasteiger partial charge in [-0.1, -0.05) is 60.7 Å². The largest absolute Gasteiger partial charge is 0.472 e. The molecule has 25 heavy (non-hydrogen) atoms. The minimum Gasteiger partial charge on any atom is -0.472 e. The molecule has 0 spiro atoms. The minimum absolute atomic E-state index is 0.0780. The van der Waals surface area contributed by atoms with Crippen LogP contribution in [-0.4, -0.2) is 44.3 Å². The zero-order valence-corrected chi connectivity index (χ0v) is 14.7. The molecule has 0 saturated heterocycles. The molecule has 0 amide bonds. The molecule has 0 radical (unpaired) electrons. The molecule has 0 aliphatic heterocycles. The molecule has 0 saturated carbocycles. The summed E-state index contributed by atoms with van der Waals surface area (Å²) in [4.78, 5) is 51.4. The van der Waals surface area contributed by atoms with E-state index in [0.29, 0.717) is 0 Å². The summed E-state index contributed by atoms with van der Waals surface area (Å²) in [6, 6.07) is 15.4. The van der Waals surface area contributed by atoms with E-state index in [9.17, 15) is 19.2 Å². The van der Waals surface area contributed by atoms with Gasteiger partial charge in [0, 0.05) is 11.1 Å². The Balaban J connectivity index is 2.73. The Morgan fingerprint density at radius 2 is 0.960 bits per heavy atom. The summed E-state index contributed by atoms with van der Waals surface area (Å²) in [6.45, 7) is 0. The average Bonchev–Trinajstić information content (AvgIpc) is 2.68. The number of carbonyl (C=O) groups excluding carboxylic acids is 4. The molecular formula is C18H16O6Si. The molecular weight excluding hydrogens is 340 g/mol. The van der Waals surface area contributed by atoms with Gasteiger partial charge in [0.25, 0.3) is 0 Å². The summed E-state index contributed by atoms with van der Waals surface area (Å²) >= 11 is 0. The normalized spacial score (nSPS) is 10.6. The Morgan fingerprint density at radius 3 is 1.24 bits per heavy atom. The molecule has 2 aromatic carbocycles. The second-order valence-corrected chi connectivity index (χ2v) is 8.35. The Labute approximate surface area is 145 Å². The Kier molecular flexibility index (Phi) is 5.61. The zero-order valence-electron chi connectivity index (χ0n) is 13.7. The minimum atomic E-state index is -4.69. The monoisotopic (exact) mass is 356 g/mol.